The molecule has 2 fully saturated rings. The molecule has 2 rings (SSSR count). The lowest BCUT2D eigenvalue weighted by Gasteiger charge is -2.41. The third kappa shape index (κ3) is 2.38. The van der Waals surface area contributed by atoms with Crippen LogP contribution in [-0.4, -0.2) is 48.3 Å². The van der Waals surface area contributed by atoms with E-state index in [1.165, 1.54) is 13.5 Å². The first-order valence-electron chi connectivity index (χ1n) is 6.22. The van der Waals surface area contributed by atoms with Gasteiger partial charge < -0.3 is 9.84 Å². The van der Waals surface area contributed by atoms with Gasteiger partial charge in [0.2, 0.25) is 0 Å². The fraction of sp³-hybridized carbons (Fsp3) is 0.917. The minimum absolute atomic E-state index is 0.109. The van der Waals surface area contributed by atoms with Gasteiger partial charge in [0.1, 0.15) is 6.04 Å². The van der Waals surface area contributed by atoms with Crippen molar-refractivity contribution < 1.29 is 14.6 Å². The lowest BCUT2D eigenvalue weighted by Crippen LogP contribution is -2.52. The SMILES string of the molecule is COC(=O)C(C1CC1)N(CCO)C1CCC1. The van der Waals surface area contributed by atoms with Crippen molar-refractivity contribution >= 4 is 5.97 Å². The summed E-state index contributed by atoms with van der Waals surface area (Å²) in [6, 6.07) is 0.374. The molecule has 16 heavy (non-hydrogen) atoms. The van der Waals surface area contributed by atoms with Gasteiger partial charge in [-0.15, -0.1) is 0 Å². The Bertz CT molecular complexity index is 249. The van der Waals surface area contributed by atoms with E-state index in [9.17, 15) is 4.79 Å². The van der Waals surface area contributed by atoms with Crippen LogP contribution in [0.5, 0.6) is 0 Å². The highest BCUT2D eigenvalue weighted by Gasteiger charge is 2.44. The van der Waals surface area contributed by atoms with Gasteiger partial charge in [-0.3, -0.25) is 9.69 Å². The van der Waals surface area contributed by atoms with Crippen molar-refractivity contribution in [2.24, 2.45) is 5.92 Å². The van der Waals surface area contributed by atoms with Crippen molar-refractivity contribution in [2.45, 2.75) is 44.2 Å². The number of nitrogens with zero attached hydrogens (tertiary/aromatic N) is 1. The fourth-order valence-corrected chi connectivity index (χ4v) is 2.51. The van der Waals surface area contributed by atoms with Gasteiger partial charge >= 0.3 is 5.97 Å². The largest absolute Gasteiger partial charge is 0.468 e. The van der Waals surface area contributed by atoms with E-state index in [0.717, 1.165) is 25.7 Å². The predicted octanol–water partition coefficient (Wildman–Crippen LogP) is 0.785. The molecule has 0 heterocycles. The zero-order valence-electron chi connectivity index (χ0n) is 9.89. The highest BCUT2D eigenvalue weighted by Crippen LogP contribution is 2.39. The van der Waals surface area contributed by atoms with Crippen LogP contribution in [-0.2, 0) is 9.53 Å². The fourth-order valence-electron chi connectivity index (χ4n) is 2.51. The Morgan fingerprint density at radius 3 is 2.50 bits per heavy atom. The quantitative estimate of drug-likeness (QED) is 0.681. The van der Waals surface area contributed by atoms with Crippen LogP contribution in [0, 0.1) is 5.92 Å². The van der Waals surface area contributed by atoms with Crippen molar-refractivity contribution in [2.75, 3.05) is 20.3 Å². The van der Waals surface area contributed by atoms with E-state index in [1.807, 2.05) is 0 Å². The molecule has 0 aromatic carbocycles. The molecule has 0 radical (unpaired) electrons. The maximum Gasteiger partial charge on any atom is 0.323 e. The molecule has 2 aliphatic rings. The third-order valence-electron chi connectivity index (χ3n) is 3.77. The van der Waals surface area contributed by atoms with Crippen LogP contribution in [0.15, 0.2) is 0 Å². The maximum absolute atomic E-state index is 11.8. The number of rotatable bonds is 6. The van der Waals surface area contributed by atoms with Crippen molar-refractivity contribution in [1.82, 2.24) is 4.90 Å². The summed E-state index contributed by atoms with van der Waals surface area (Å²) in [5.74, 6) is 0.336. The van der Waals surface area contributed by atoms with E-state index in [4.69, 9.17) is 9.84 Å². The van der Waals surface area contributed by atoms with Gasteiger partial charge in [-0.25, -0.2) is 0 Å². The molecule has 0 aromatic rings. The molecular formula is C12H21NO3. The summed E-state index contributed by atoms with van der Waals surface area (Å²) in [5, 5.41) is 9.12. The average molecular weight is 227 g/mol. The van der Waals surface area contributed by atoms with Crippen LogP contribution in [0.3, 0.4) is 0 Å². The van der Waals surface area contributed by atoms with E-state index in [1.54, 1.807) is 0 Å². The molecule has 4 nitrogen and oxygen atoms in total. The number of carbonyl (C=O) groups is 1. The number of hydrogen-bond donors (Lipinski definition) is 1. The molecule has 0 aromatic heterocycles. The highest BCUT2D eigenvalue weighted by molar-refractivity contribution is 5.76. The normalized spacial score (nSPS) is 22.9. The number of ether oxygens (including phenoxy) is 1. The maximum atomic E-state index is 11.8. The van der Waals surface area contributed by atoms with E-state index in [-0.39, 0.29) is 18.6 Å². The van der Waals surface area contributed by atoms with Gasteiger partial charge in [0.25, 0.3) is 0 Å². The third-order valence-corrected chi connectivity index (χ3v) is 3.77. The second-order valence-corrected chi connectivity index (χ2v) is 4.85. The van der Waals surface area contributed by atoms with Gasteiger partial charge in [-0.2, -0.15) is 0 Å². The van der Waals surface area contributed by atoms with Crippen LogP contribution in [0.2, 0.25) is 0 Å². The molecule has 1 atom stereocenters. The van der Waals surface area contributed by atoms with Gasteiger partial charge in [-0.1, -0.05) is 6.42 Å². The summed E-state index contributed by atoms with van der Waals surface area (Å²) in [6.45, 7) is 0.720. The summed E-state index contributed by atoms with van der Waals surface area (Å²) >= 11 is 0. The van der Waals surface area contributed by atoms with Crippen LogP contribution < -0.4 is 0 Å². The smallest absolute Gasteiger partial charge is 0.323 e. The molecule has 0 saturated heterocycles. The van der Waals surface area contributed by atoms with Crippen LogP contribution in [0.1, 0.15) is 32.1 Å². The Labute approximate surface area is 96.6 Å². The minimum atomic E-state index is -0.122. The summed E-state index contributed by atoms with van der Waals surface area (Å²) in [5.41, 5.74) is 0. The molecule has 2 saturated carbocycles. The summed E-state index contributed by atoms with van der Waals surface area (Å²) < 4.78 is 4.90. The molecule has 0 bridgehead atoms. The molecule has 1 unspecified atom stereocenters. The second-order valence-electron chi connectivity index (χ2n) is 4.85. The van der Waals surface area contributed by atoms with E-state index in [0.29, 0.717) is 18.5 Å². The number of esters is 1. The monoisotopic (exact) mass is 227 g/mol. The Morgan fingerprint density at radius 1 is 1.44 bits per heavy atom. The van der Waals surface area contributed by atoms with Crippen molar-refractivity contribution in [1.29, 1.82) is 0 Å². The number of carbonyl (C=O) groups excluding carboxylic acids is 1. The molecule has 0 spiro atoms. The topological polar surface area (TPSA) is 49.8 Å². The van der Waals surface area contributed by atoms with Crippen molar-refractivity contribution in [3.05, 3.63) is 0 Å². The standard InChI is InChI=1S/C12H21NO3/c1-16-12(15)11(9-5-6-9)13(7-8-14)10-3-2-4-10/h9-11,14H,2-8H2,1H3. The molecule has 4 heteroatoms. The van der Waals surface area contributed by atoms with E-state index >= 15 is 0 Å². The molecule has 1 N–H and O–H groups in total. The second kappa shape index (κ2) is 5.15. The molecule has 92 valence electrons. The van der Waals surface area contributed by atoms with Crippen molar-refractivity contribution in [3.8, 4) is 0 Å². The van der Waals surface area contributed by atoms with Gasteiger partial charge in [0.05, 0.1) is 13.7 Å². The van der Waals surface area contributed by atoms with Crippen molar-refractivity contribution in [3.63, 3.8) is 0 Å². The first kappa shape index (κ1) is 11.9. The van der Waals surface area contributed by atoms with E-state index in [2.05, 4.69) is 4.90 Å². The summed E-state index contributed by atoms with van der Waals surface area (Å²) in [4.78, 5) is 14.0. The predicted molar refractivity (Wildman–Crippen MR) is 60.0 cm³/mol. The average Bonchev–Trinajstić information content (AvgIpc) is 2.99. The number of hydrogen-bond acceptors (Lipinski definition) is 4. The number of methoxy groups -OCH3 is 1. The van der Waals surface area contributed by atoms with Crippen LogP contribution in [0.25, 0.3) is 0 Å². The Morgan fingerprint density at radius 2 is 2.12 bits per heavy atom. The minimum Gasteiger partial charge on any atom is -0.468 e. The first-order chi connectivity index (χ1) is 7.77. The van der Waals surface area contributed by atoms with Gasteiger partial charge in [0.15, 0.2) is 0 Å². The number of aliphatic hydroxyl groups excluding tert-OH is 1. The van der Waals surface area contributed by atoms with Gasteiger partial charge in [-0.05, 0) is 31.6 Å². The first-order valence-corrected chi connectivity index (χ1v) is 6.22. The lowest BCUT2D eigenvalue weighted by molar-refractivity contribution is -0.150. The summed E-state index contributed by atoms with van der Waals surface area (Å²) in [6.07, 6.45) is 5.79. The molecule has 0 amide bonds. The van der Waals surface area contributed by atoms with Gasteiger partial charge in [0, 0.05) is 12.6 Å². The Balaban J connectivity index is 2.03. The molecule has 0 aliphatic heterocycles. The van der Waals surface area contributed by atoms with E-state index < -0.39 is 0 Å². The highest BCUT2D eigenvalue weighted by atomic mass is 16.5. The lowest BCUT2D eigenvalue weighted by atomic mass is 9.89. The summed E-state index contributed by atoms with van der Waals surface area (Å²) in [7, 11) is 1.45. The van der Waals surface area contributed by atoms with Crippen LogP contribution >= 0.6 is 0 Å². The molecular weight excluding hydrogens is 206 g/mol. The molecule has 2 aliphatic carbocycles. The zero-order chi connectivity index (χ0) is 11.5. The Kier molecular flexibility index (Phi) is 3.82. The zero-order valence-corrected chi connectivity index (χ0v) is 9.89. The Hall–Kier alpha value is -0.610. The van der Waals surface area contributed by atoms with Crippen LogP contribution in [0.4, 0.5) is 0 Å². The number of aliphatic hydroxyl groups is 1.